The van der Waals surface area contributed by atoms with E-state index in [9.17, 15) is 0 Å². The van der Waals surface area contributed by atoms with E-state index in [0.717, 1.165) is 127 Å². The number of para-hydroxylation sites is 6. The van der Waals surface area contributed by atoms with E-state index in [0.29, 0.717) is 5.82 Å². The number of hydrogen-bond acceptors (Lipinski definition) is 4. The van der Waals surface area contributed by atoms with Gasteiger partial charge in [-0.25, -0.2) is 9.97 Å². The molecule has 0 aliphatic carbocycles. The smallest absolute Gasteiger partial charge is 0.162 e. The van der Waals surface area contributed by atoms with Gasteiger partial charge >= 0.3 is 0 Å². The maximum atomic E-state index is 7.04. The lowest BCUT2D eigenvalue weighted by Crippen LogP contribution is -2.02. The summed E-state index contributed by atoms with van der Waals surface area (Å²) in [5.74, 6) is 0.593. The van der Waals surface area contributed by atoms with Gasteiger partial charge < -0.3 is 18.0 Å². The number of aromatic nitrogens is 4. The van der Waals surface area contributed by atoms with Gasteiger partial charge in [0.25, 0.3) is 0 Å². The highest BCUT2D eigenvalue weighted by molar-refractivity contribution is 6.22. The summed E-state index contributed by atoms with van der Waals surface area (Å²) in [6.07, 6.45) is 0. The Morgan fingerprint density at radius 2 is 0.958 bits per heavy atom. The Bertz CT molecular complexity index is 4940. The minimum absolute atomic E-state index is 0.593. The number of furan rings is 2. The molecule has 0 aliphatic rings. The van der Waals surface area contributed by atoms with Gasteiger partial charge in [-0.15, -0.1) is 0 Å². The maximum absolute atomic E-state index is 7.04. The van der Waals surface area contributed by atoms with E-state index in [1.807, 2.05) is 12.1 Å². The molecular weight excluding hydrogens is 881 g/mol. The molecule has 6 nitrogen and oxygen atoms in total. The molecule has 16 rings (SSSR count). The van der Waals surface area contributed by atoms with E-state index < -0.39 is 0 Å². The van der Waals surface area contributed by atoms with E-state index in [2.05, 4.69) is 228 Å². The minimum atomic E-state index is 0.593. The van der Waals surface area contributed by atoms with Crippen molar-refractivity contribution in [3.63, 3.8) is 0 Å². The Hall–Kier alpha value is -9.78. The fraction of sp³-hybridized carbons (Fsp3) is 0. The molecule has 0 spiro atoms. The average molecular weight is 919 g/mol. The molecule has 0 fully saturated rings. The number of nitrogens with zero attached hydrogens (tertiary/aromatic N) is 4. The van der Waals surface area contributed by atoms with Crippen LogP contribution in [0.5, 0.6) is 0 Å². The molecule has 0 radical (unpaired) electrons. The molecule has 0 N–H and O–H groups in total. The van der Waals surface area contributed by atoms with E-state index >= 15 is 0 Å². The number of benzene rings is 11. The van der Waals surface area contributed by atoms with Crippen LogP contribution in [-0.4, -0.2) is 19.1 Å². The normalized spacial score (nSPS) is 12.2. The highest BCUT2D eigenvalue weighted by Crippen LogP contribution is 2.47. The molecule has 0 atom stereocenters. The van der Waals surface area contributed by atoms with Crippen molar-refractivity contribution in [3.8, 4) is 45.3 Å². The van der Waals surface area contributed by atoms with Crippen LogP contribution < -0.4 is 0 Å². The van der Waals surface area contributed by atoms with Crippen molar-refractivity contribution in [2.45, 2.75) is 0 Å². The fourth-order valence-electron chi connectivity index (χ4n) is 11.8. The monoisotopic (exact) mass is 918 g/mol. The minimum Gasteiger partial charge on any atom is -0.455 e. The van der Waals surface area contributed by atoms with E-state index in [1.54, 1.807) is 0 Å². The Kier molecular flexibility index (Phi) is 8.07. The lowest BCUT2D eigenvalue weighted by atomic mass is 9.97. The van der Waals surface area contributed by atoms with E-state index in [4.69, 9.17) is 18.8 Å². The van der Waals surface area contributed by atoms with Crippen molar-refractivity contribution in [1.29, 1.82) is 0 Å². The molecule has 16 aromatic rings. The first kappa shape index (κ1) is 39.1. The van der Waals surface area contributed by atoms with Crippen LogP contribution in [0.2, 0.25) is 0 Å². The van der Waals surface area contributed by atoms with Crippen LogP contribution in [0.15, 0.2) is 239 Å². The predicted molar refractivity (Wildman–Crippen MR) is 297 cm³/mol. The van der Waals surface area contributed by atoms with Crippen LogP contribution in [0.25, 0.3) is 154 Å². The zero-order valence-corrected chi connectivity index (χ0v) is 38.5. The van der Waals surface area contributed by atoms with Crippen molar-refractivity contribution in [3.05, 3.63) is 231 Å². The Morgan fingerprint density at radius 1 is 0.333 bits per heavy atom. The van der Waals surface area contributed by atoms with Crippen LogP contribution >= 0.6 is 0 Å². The van der Waals surface area contributed by atoms with Crippen molar-refractivity contribution >= 4 is 109 Å². The molecule has 5 aromatic heterocycles. The molecular formula is C66H38N4O2. The summed E-state index contributed by atoms with van der Waals surface area (Å²) in [6, 6.07) is 81.8. The van der Waals surface area contributed by atoms with Gasteiger partial charge in [0.2, 0.25) is 0 Å². The summed E-state index contributed by atoms with van der Waals surface area (Å²) < 4.78 is 18.6. The average Bonchev–Trinajstić information content (AvgIpc) is 4.20. The Balaban J connectivity index is 1.09. The summed E-state index contributed by atoms with van der Waals surface area (Å²) in [7, 11) is 0. The first-order chi connectivity index (χ1) is 35.7. The second-order valence-corrected chi connectivity index (χ2v) is 18.8. The quantitative estimate of drug-likeness (QED) is 0.173. The van der Waals surface area contributed by atoms with Crippen molar-refractivity contribution in [2.75, 3.05) is 0 Å². The first-order valence-electron chi connectivity index (χ1n) is 24.4. The second-order valence-electron chi connectivity index (χ2n) is 18.8. The SMILES string of the molecule is c1ccc(-n2c3ccccc3c3cccc(-c4nc(-c5cccc6c5oc5ccccc56)cc(-c5c(-n6c7ccccc7c7cc8ccccc8cc76)ccc6oc7c8ccccc8ccc7c56)n4)c32)cc1. The number of rotatable bonds is 5. The lowest BCUT2D eigenvalue weighted by molar-refractivity contribution is 0.669. The van der Waals surface area contributed by atoms with E-state index in [1.165, 1.54) is 21.5 Å². The van der Waals surface area contributed by atoms with Crippen molar-refractivity contribution in [1.82, 2.24) is 19.1 Å². The van der Waals surface area contributed by atoms with Gasteiger partial charge in [0.1, 0.15) is 22.3 Å². The molecule has 5 heterocycles. The van der Waals surface area contributed by atoms with Crippen molar-refractivity contribution in [2.24, 2.45) is 0 Å². The van der Waals surface area contributed by atoms with Crippen molar-refractivity contribution < 1.29 is 8.83 Å². The predicted octanol–water partition coefficient (Wildman–Crippen LogP) is 17.8. The molecule has 72 heavy (non-hydrogen) atoms. The number of fused-ring (bicyclic) bond motifs is 15. The first-order valence-corrected chi connectivity index (χ1v) is 24.4. The zero-order chi connectivity index (χ0) is 47.0. The van der Waals surface area contributed by atoms with Crippen LogP contribution in [0, 0.1) is 0 Å². The Morgan fingerprint density at radius 3 is 1.79 bits per heavy atom. The van der Waals surface area contributed by atoms with Gasteiger partial charge in [0.15, 0.2) is 5.82 Å². The topological polar surface area (TPSA) is 61.9 Å². The van der Waals surface area contributed by atoms with Gasteiger partial charge in [0.05, 0.1) is 39.1 Å². The lowest BCUT2D eigenvalue weighted by Gasteiger charge is -2.17. The van der Waals surface area contributed by atoms with Gasteiger partial charge in [-0.1, -0.05) is 152 Å². The molecule has 0 unspecified atom stereocenters. The molecule has 11 aromatic carbocycles. The van der Waals surface area contributed by atoms with Gasteiger partial charge in [-0.2, -0.15) is 0 Å². The van der Waals surface area contributed by atoms with E-state index in [-0.39, 0.29) is 0 Å². The summed E-state index contributed by atoms with van der Waals surface area (Å²) >= 11 is 0. The Labute approximate surface area is 410 Å². The summed E-state index contributed by atoms with van der Waals surface area (Å²) in [5.41, 5.74) is 13.8. The van der Waals surface area contributed by atoms with Gasteiger partial charge in [0, 0.05) is 70.9 Å². The third kappa shape index (κ3) is 5.54. The summed E-state index contributed by atoms with van der Waals surface area (Å²) in [6.45, 7) is 0. The van der Waals surface area contributed by atoms with Gasteiger partial charge in [-0.3, -0.25) is 0 Å². The van der Waals surface area contributed by atoms with Crippen LogP contribution in [0.1, 0.15) is 0 Å². The van der Waals surface area contributed by atoms with Crippen LogP contribution in [-0.2, 0) is 0 Å². The molecule has 0 bridgehead atoms. The largest absolute Gasteiger partial charge is 0.455 e. The number of hydrogen-bond donors (Lipinski definition) is 0. The zero-order valence-electron chi connectivity index (χ0n) is 38.5. The molecule has 0 amide bonds. The van der Waals surface area contributed by atoms with Gasteiger partial charge in [-0.05, 0) is 95.0 Å². The third-order valence-corrected chi connectivity index (χ3v) is 14.9. The molecule has 0 saturated carbocycles. The molecule has 6 heteroatoms. The molecule has 0 saturated heterocycles. The molecule has 0 aliphatic heterocycles. The third-order valence-electron chi connectivity index (χ3n) is 14.9. The summed E-state index contributed by atoms with van der Waals surface area (Å²) in [5, 5.41) is 13.3. The fourth-order valence-corrected chi connectivity index (χ4v) is 11.8. The maximum Gasteiger partial charge on any atom is 0.162 e. The standard InChI is InChI=1S/C66H38N4O2/c1-2-19-42(20-3-1)69-55-29-11-8-22-44(55)47-25-14-28-51(63(47)69)66-67-53(49-27-15-26-48-46-24-10-13-31-59(46)71-65(48)49)38-54(68-66)62-57(34-35-60-61(62)50-33-32-39-16-6-7-21-43(39)64(50)72-60)70-56-30-12-9-23-45(56)52-36-40-17-4-5-18-41(40)37-58(52)70/h1-38H. The summed E-state index contributed by atoms with van der Waals surface area (Å²) in [4.78, 5) is 11.5. The van der Waals surface area contributed by atoms with Crippen LogP contribution in [0.4, 0.5) is 0 Å². The van der Waals surface area contributed by atoms with Crippen LogP contribution in [0.3, 0.4) is 0 Å². The molecule has 334 valence electrons. The second kappa shape index (κ2) is 14.9. The highest BCUT2D eigenvalue weighted by Gasteiger charge is 2.26. The highest BCUT2D eigenvalue weighted by atomic mass is 16.3.